The van der Waals surface area contributed by atoms with Gasteiger partial charge in [0, 0.05) is 21.1 Å². The maximum Gasteiger partial charge on any atom is 0.228 e. The van der Waals surface area contributed by atoms with E-state index in [0.29, 0.717) is 5.69 Å². The van der Waals surface area contributed by atoms with E-state index in [0.717, 1.165) is 32.2 Å². The Morgan fingerprint density at radius 2 is 2.00 bits per heavy atom. The molecule has 0 saturated carbocycles. The molecule has 0 aliphatic carbocycles. The van der Waals surface area contributed by atoms with E-state index in [9.17, 15) is 9.90 Å². The van der Waals surface area contributed by atoms with Crippen LogP contribution in [0.25, 0.3) is 10.9 Å². The summed E-state index contributed by atoms with van der Waals surface area (Å²) in [4.78, 5) is 15.6. The number of aromatic hydroxyl groups is 1. The van der Waals surface area contributed by atoms with Crippen LogP contribution in [0.4, 0.5) is 5.69 Å². The maximum absolute atomic E-state index is 12.3. The van der Waals surface area contributed by atoms with Gasteiger partial charge in [0.2, 0.25) is 5.91 Å². The SMILES string of the molecule is Cc1ccc(NC(=O)Cc2c(C)[nH]c3ccc(Br)cc23)c(O)c1. The van der Waals surface area contributed by atoms with E-state index in [1.165, 1.54) is 0 Å². The van der Waals surface area contributed by atoms with Crippen LogP contribution in [0, 0.1) is 13.8 Å². The van der Waals surface area contributed by atoms with Gasteiger partial charge in [-0.05, 0) is 55.3 Å². The van der Waals surface area contributed by atoms with E-state index in [1.54, 1.807) is 12.1 Å². The quantitative estimate of drug-likeness (QED) is 0.595. The van der Waals surface area contributed by atoms with Crippen molar-refractivity contribution in [3.8, 4) is 5.75 Å². The Labute approximate surface area is 142 Å². The third kappa shape index (κ3) is 3.24. The predicted octanol–water partition coefficient (Wildman–Crippen LogP) is 4.43. The molecule has 1 amide bonds. The first-order valence-corrected chi connectivity index (χ1v) is 8.09. The van der Waals surface area contributed by atoms with Crippen LogP contribution >= 0.6 is 15.9 Å². The molecule has 5 heteroatoms. The zero-order chi connectivity index (χ0) is 16.6. The number of hydrogen-bond acceptors (Lipinski definition) is 2. The first kappa shape index (κ1) is 15.6. The number of phenolic OH excluding ortho intramolecular Hbond substituents is 1. The molecule has 0 unspecified atom stereocenters. The Kier molecular flexibility index (Phi) is 4.13. The molecule has 3 N–H and O–H groups in total. The highest BCUT2D eigenvalue weighted by atomic mass is 79.9. The van der Waals surface area contributed by atoms with Crippen molar-refractivity contribution in [1.29, 1.82) is 0 Å². The van der Waals surface area contributed by atoms with Gasteiger partial charge in [-0.25, -0.2) is 0 Å². The molecule has 0 atom stereocenters. The lowest BCUT2D eigenvalue weighted by Crippen LogP contribution is -2.14. The van der Waals surface area contributed by atoms with E-state index in [4.69, 9.17) is 0 Å². The summed E-state index contributed by atoms with van der Waals surface area (Å²) in [6.07, 6.45) is 0.246. The molecule has 3 rings (SSSR count). The molecule has 0 fully saturated rings. The average Bonchev–Trinajstić information content (AvgIpc) is 2.78. The van der Waals surface area contributed by atoms with Crippen LogP contribution in [0.2, 0.25) is 0 Å². The van der Waals surface area contributed by atoms with E-state index in [1.807, 2.05) is 38.1 Å². The summed E-state index contributed by atoms with van der Waals surface area (Å²) in [7, 11) is 0. The zero-order valence-electron chi connectivity index (χ0n) is 12.9. The third-order valence-electron chi connectivity index (χ3n) is 3.85. The van der Waals surface area contributed by atoms with Crippen molar-refractivity contribution >= 4 is 38.4 Å². The normalized spacial score (nSPS) is 10.9. The van der Waals surface area contributed by atoms with Crippen LogP contribution in [0.1, 0.15) is 16.8 Å². The standard InChI is InChI=1S/C18H17BrN2O2/c1-10-3-5-16(17(22)7-10)21-18(23)9-13-11(2)20-15-6-4-12(19)8-14(13)15/h3-8,20,22H,9H2,1-2H3,(H,21,23). The van der Waals surface area contributed by atoms with Gasteiger partial charge >= 0.3 is 0 Å². The Hall–Kier alpha value is -2.27. The first-order valence-electron chi connectivity index (χ1n) is 7.30. The number of aromatic nitrogens is 1. The Balaban J connectivity index is 1.85. The molecule has 0 aliphatic rings. The topological polar surface area (TPSA) is 65.1 Å². The highest BCUT2D eigenvalue weighted by molar-refractivity contribution is 9.10. The minimum absolute atomic E-state index is 0.0803. The molecule has 0 radical (unpaired) electrons. The number of aryl methyl sites for hydroxylation is 2. The summed E-state index contributed by atoms with van der Waals surface area (Å²) in [6, 6.07) is 11.1. The minimum atomic E-state index is -0.159. The number of aromatic amines is 1. The molecule has 3 aromatic rings. The number of phenols is 1. The fourth-order valence-corrected chi connectivity index (χ4v) is 3.05. The number of halogens is 1. The van der Waals surface area contributed by atoms with Crippen molar-refractivity contribution in [3.63, 3.8) is 0 Å². The van der Waals surface area contributed by atoms with E-state index in [2.05, 4.69) is 26.2 Å². The van der Waals surface area contributed by atoms with Gasteiger partial charge in [0.1, 0.15) is 5.75 Å². The number of carbonyl (C=O) groups excluding carboxylic acids is 1. The molecular formula is C18H17BrN2O2. The molecule has 118 valence electrons. The number of rotatable bonds is 3. The fraction of sp³-hybridized carbons (Fsp3) is 0.167. The van der Waals surface area contributed by atoms with Crippen molar-refractivity contribution in [2.24, 2.45) is 0 Å². The molecule has 0 spiro atoms. The summed E-state index contributed by atoms with van der Waals surface area (Å²) in [6.45, 7) is 3.85. The number of fused-ring (bicyclic) bond motifs is 1. The number of carbonyl (C=O) groups is 1. The third-order valence-corrected chi connectivity index (χ3v) is 4.34. The van der Waals surface area contributed by atoms with Gasteiger partial charge in [0.05, 0.1) is 12.1 Å². The van der Waals surface area contributed by atoms with E-state index < -0.39 is 0 Å². The van der Waals surface area contributed by atoms with Gasteiger partial charge in [-0.3, -0.25) is 4.79 Å². The summed E-state index contributed by atoms with van der Waals surface area (Å²) in [5, 5.41) is 13.7. The molecule has 4 nitrogen and oxygen atoms in total. The van der Waals surface area contributed by atoms with Gasteiger partial charge in [-0.1, -0.05) is 22.0 Å². The van der Waals surface area contributed by atoms with Crippen LogP contribution in [-0.2, 0) is 11.2 Å². The Bertz CT molecular complexity index is 899. The van der Waals surface area contributed by atoms with Gasteiger partial charge < -0.3 is 15.4 Å². The molecule has 0 aliphatic heterocycles. The average molecular weight is 373 g/mol. The van der Waals surface area contributed by atoms with Crippen molar-refractivity contribution < 1.29 is 9.90 Å². The fourth-order valence-electron chi connectivity index (χ4n) is 2.68. The number of amides is 1. The molecular weight excluding hydrogens is 356 g/mol. The summed E-state index contributed by atoms with van der Waals surface area (Å²) in [5.41, 5.74) is 4.32. The van der Waals surface area contributed by atoms with Crippen LogP contribution in [0.3, 0.4) is 0 Å². The lowest BCUT2D eigenvalue weighted by Gasteiger charge is -2.08. The lowest BCUT2D eigenvalue weighted by molar-refractivity contribution is -0.115. The summed E-state index contributed by atoms with van der Waals surface area (Å²) < 4.78 is 0.974. The number of nitrogens with one attached hydrogen (secondary N) is 2. The maximum atomic E-state index is 12.3. The second-order valence-corrected chi connectivity index (χ2v) is 6.58. The highest BCUT2D eigenvalue weighted by Crippen LogP contribution is 2.27. The number of benzene rings is 2. The van der Waals surface area contributed by atoms with Gasteiger partial charge in [-0.15, -0.1) is 0 Å². The highest BCUT2D eigenvalue weighted by Gasteiger charge is 2.14. The van der Waals surface area contributed by atoms with Crippen LogP contribution in [-0.4, -0.2) is 16.0 Å². The molecule has 0 bridgehead atoms. The summed E-state index contributed by atoms with van der Waals surface area (Å²) in [5.74, 6) is -0.0788. The van der Waals surface area contributed by atoms with Crippen molar-refractivity contribution in [2.45, 2.75) is 20.3 Å². The van der Waals surface area contributed by atoms with Crippen LogP contribution < -0.4 is 5.32 Å². The molecule has 23 heavy (non-hydrogen) atoms. The molecule has 0 saturated heterocycles. The monoisotopic (exact) mass is 372 g/mol. The van der Waals surface area contributed by atoms with Gasteiger partial charge in [0.25, 0.3) is 0 Å². The van der Waals surface area contributed by atoms with Crippen LogP contribution in [0.15, 0.2) is 40.9 Å². The van der Waals surface area contributed by atoms with Crippen molar-refractivity contribution in [2.75, 3.05) is 5.32 Å². The largest absolute Gasteiger partial charge is 0.506 e. The second-order valence-electron chi connectivity index (χ2n) is 5.66. The van der Waals surface area contributed by atoms with Crippen LogP contribution in [0.5, 0.6) is 5.75 Å². The smallest absolute Gasteiger partial charge is 0.228 e. The van der Waals surface area contributed by atoms with E-state index >= 15 is 0 Å². The Morgan fingerprint density at radius 3 is 2.74 bits per heavy atom. The lowest BCUT2D eigenvalue weighted by atomic mass is 10.1. The second kappa shape index (κ2) is 6.08. The minimum Gasteiger partial charge on any atom is -0.506 e. The zero-order valence-corrected chi connectivity index (χ0v) is 14.5. The van der Waals surface area contributed by atoms with Gasteiger partial charge in [-0.2, -0.15) is 0 Å². The Morgan fingerprint density at radius 1 is 1.22 bits per heavy atom. The van der Waals surface area contributed by atoms with E-state index in [-0.39, 0.29) is 18.1 Å². The number of anilines is 1. The molecule has 1 aromatic heterocycles. The number of hydrogen-bond donors (Lipinski definition) is 3. The molecule has 1 heterocycles. The van der Waals surface area contributed by atoms with Gasteiger partial charge in [0.15, 0.2) is 0 Å². The number of H-pyrrole nitrogens is 1. The molecule has 2 aromatic carbocycles. The predicted molar refractivity (Wildman–Crippen MR) is 95.9 cm³/mol. The van der Waals surface area contributed by atoms with Crippen molar-refractivity contribution in [1.82, 2.24) is 4.98 Å². The van der Waals surface area contributed by atoms with Crippen molar-refractivity contribution in [3.05, 3.63) is 57.7 Å². The summed E-state index contributed by atoms with van der Waals surface area (Å²) >= 11 is 3.46. The first-order chi connectivity index (χ1) is 10.9.